The van der Waals surface area contributed by atoms with Crippen molar-refractivity contribution in [2.24, 2.45) is 5.73 Å². The Morgan fingerprint density at radius 1 is 0.946 bits per heavy atom. The molecular formula is C28H48N4O5. The number of benzene rings is 1. The van der Waals surface area contributed by atoms with E-state index in [1.165, 1.54) is 5.56 Å². The topological polar surface area (TPSA) is 143 Å². The summed E-state index contributed by atoms with van der Waals surface area (Å²) < 4.78 is 5.28. The standard InChI is InChI=1S/C28H48N4O5/c1-28(2,3)37-27(35)30-21-23-16-13-15-22(20-23)14-9-7-5-4-6-8-10-18-25(33)31-24(26(34)32-36)17-11-12-19-29/h13,15-16,20,24,36H,4-12,14,17-19,21,29H2,1-3H3,(H,30,35)(H,31,33)(H,32,34)/t24-/m1/s1. The monoisotopic (exact) mass is 520 g/mol. The second-order valence-electron chi connectivity index (χ2n) is 10.5. The third kappa shape index (κ3) is 16.7. The SMILES string of the molecule is CC(C)(C)OC(=O)NCc1cccc(CCCCCCCCCC(=O)N[C@H](CCCCN)C(=O)NO)c1. The fourth-order valence-corrected chi connectivity index (χ4v) is 3.99. The maximum absolute atomic E-state index is 12.1. The van der Waals surface area contributed by atoms with E-state index in [-0.39, 0.29) is 5.91 Å². The Morgan fingerprint density at radius 3 is 2.24 bits per heavy atom. The van der Waals surface area contributed by atoms with Gasteiger partial charge >= 0.3 is 6.09 Å². The maximum atomic E-state index is 12.1. The molecule has 0 aromatic heterocycles. The highest BCUT2D eigenvalue weighted by Gasteiger charge is 2.19. The minimum absolute atomic E-state index is 0.162. The third-order valence-corrected chi connectivity index (χ3v) is 5.91. The van der Waals surface area contributed by atoms with Gasteiger partial charge in [0.15, 0.2) is 0 Å². The van der Waals surface area contributed by atoms with Crippen LogP contribution < -0.4 is 21.8 Å². The highest BCUT2D eigenvalue weighted by Crippen LogP contribution is 2.13. The molecule has 1 aromatic carbocycles. The molecular weight excluding hydrogens is 472 g/mol. The van der Waals surface area contributed by atoms with E-state index in [1.807, 2.05) is 32.9 Å². The van der Waals surface area contributed by atoms with Crippen molar-refractivity contribution in [1.29, 1.82) is 0 Å². The first-order valence-electron chi connectivity index (χ1n) is 13.6. The zero-order valence-electron chi connectivity index (χ0n) is 22.9. The van der Waals surface area contributed by atoms with Crippen molar-refractivity contribution in [3.63, 3.8) is 0 Å². The third-order valence-electron chi connectivity index (χ3n) is 5.91. The zero-order valence-corrected chi connectivity index (χ0v) is 22.9. The van der Waals surface area contributed by atoms with Crippen LogP contribution in [0.25, 0.3) is 0 Å². The van der Waals surface area contributed by atoms with Gasteiger partial charge in [-0.2, -0.15) is 0 Å². The van der Waals surface area contributed by atoms with E-state index in [0.29, 0.717) is 32.4 Å². The molecule has 0 unspecified atom stereocenters. The molecule has 0 fully saturated rings. The molecule has 0 heterocycles. The number of hydrogen-bond donors (Lipinski definition) is 5. The second-order valence-corrected chi connectivity index (χ2v) is 10.5. The van der Waals surface area contributed by atoms with Gasteiger partial charge < -0.3 is 21.1 Å². The molecule has 0 bridgehead atoms. The molecule has 0 radical (unpaired) electrons. The fourth-order valence-electron chi connectivity index (χ4n) is 3.99. The van der Waals surface area contributed by atoms with E-state index in [2.05, 4.69) is 22.8 Å². The Morgan fingerprint density at radius 2 is 1.59 bits per heavy atom. The van der Waals surface area contributed by atoms with Crippen LogP contribution in [0.4, 0.5) is 4.79 Å². The summed E-state index contributed by atoms with van der Waals surface area (Å²) in [6, 6.07) is 7.57. The van der Waals surface area contributed by atoms with Gasteiger partial charge in [0.25, 0.3) is 5.91 Å². The number of carbonyl (C=O) groups is 3. The fraction of sp³-hybridized carbons (Fsp3) is 0.679. The highest BCUT2D eigenvalue weighted by molar-refractivity contribution is 5.86. The predicted octanol–water partition coefficient (Wildman–Crippen LogP) is 4.49. The minimum atomic E-state index is -0.717. The Kier molecular flexibility index (Phi) is 16.3. The predicted molar refractivity (Wildman–Crippen MR) is 145 cm³/mol. The smallest absolute Gasteiger partial charge is 0.407 e. The lowest BCUT2D eigenvalue weighted by Crippen LogP contribution is -2.45. The van der Waals surface area contributed by atoms with Crippen LogP contribution in [0, 0.1) is 0 Å². The molecule has 3 amide bonds. The van der Waals surface area contributed by atoms with Gasteiger partial charge in [-0.3, -0.25) is 14.8 Å². The number of aryl methyl sites for hydroxylation is 1. The molecule has 9 nitrogen and oxygen atoms in total. The summed E-state index contributed by atoms with van der Waals surface area (Å²) in [5.41, 5.74) is 8.92. The molecule has 0 spiro atoms. The van der Waals surface area contributed by atoms with Crippen molar-refractivity contribution < 1.29 is 24.3 Å². The average molecular weight is 521 g/mol. The Bertz CT molecular complexity index is 810. The molecule has 1 aromatic rings. The van der Waals surface area contributed by atoms with Crippen molar-refractivity contribution in [3.8, 4) is 0 Å². The van der Waals surface area contributed by atoms with Gasteiger partial charge in [-0.25, -0.2) is 10.3 Å². The van der Waals surface area contributed by atoms with Gasteiger partial charge in [0, 0.05) is 13.0 Å². The lowest BCUT2D eigenvalue weighted by molar-refractivity contribution is -0.135. The van der Waals surface area contributed by atoms with E-state index in [1.54, 1.807) is 5.48 Å². The Labute approximate surface area is 222 Å². The highest BCUT2D eigenvalue weighted by atomic mass is 16.6. The molecule has 6 N–H and O–H groups in total. The first-order chi connectivity index (χ1) is 17.6. The van der Waals surface area contributed by atoms with E-state index in [4.69, 9.17) is 15.7 Å². The van der Waals surface area contributed by atoms with Crippen LogP contribution in [0.1, 0.15) is 103 Å². The minimum Gasteiger partial charge on any atom is -0.444 e. The van der Waals surface area contributed by atoms with Gasteiger partial charge in [0.1, 0.15) is 11.6 Å². The van der Waals surface area contributed by atoms with Crippen LogP contribution in [-0.2, 0) is 27.3 Å². The summed E-state index contributed by atoms with van der Waals surface area (Å²) >= 11 is 0. The van der Waals surface area contributed by atoms with E-state index >= 15 is 0 Å². The van der Waals surface area contributed by atoms with Crippen LogP contribution in [0.3, 0.4) is 0 Å². The molecule has 0 saturated carbocycles. The van der Waals surface area contributed by atoms with Crippen molar-refractivity contribution >= 4 is 17.9 Å². The number of alkyl carbamates (subject to hydrolysis) is 1. The number of hydrogen-bond acceptors (Lipinski definition) is 6. The molecule has 9 heteroatoms. The van der Waals surface area contributed by atoms with Gasteiger partial charge in [0.2, 0.25) is 5.91 Å². The maximum Gasteiger partial charge on any atom is 0.407 e. The van der Waals surface area contributed by atoms with E-state index < -0.39 is 23.6 Å². The molecule has 0 saturated heterocycles. The lowest BCUT2D eigenvalue weighted by Gasteiger charge is -2.19. The zero-order chi connectivity index (χ0) is 27.5. The number of rotatable bonds is 18. The number of amides is 3. The Hall–Kier alpha value is -2.65. The van der Waals surface area contributed by atoms with Crippen molar-refractivity contribution in [2.45, 2.75) is 116 Å². The van der Waals surface area contributed by atoms with Crippen molar-refractivity contribution in [3.05, 3.63) is 35.4 Å². The Balaban J connectivity index is 2.14. The van der Waals surface area contributed by atoms with Crippen LogP contribution in [0.5, 0.6) is 0 Å². The molecule has 210 valence electrons. The first-order valence-corrected chi connectivity index (χ1v) is 13.6. The van der Waals surface area contributed by atoms with Crippen LogP contribution >= 0.6 is 0 Å². The molecule has 0 aliphatic heterocycles. The number of nitrogens with two attached hydrogens (primary N) is 1. The van der Waals surface area contributed by atoms with Crippen LogP contribution in [0.2, 0.25) is 0 Å². The summed E-state index contributed by atoms with van der Waals surface area (Å²) in [7, 11) is 0. The summed E-state index contributed by atoms with van der Waals surface area (Å²) in [5, 5.41) is 14.4. The summed E-state index contributed by atoms with van der Waals surface area (Å²) in [4.78, 5) is 35.7. The molecule has 0 aliphatic carbocycles. The van der Waals surface area contributed by atoms with Crippen molar-refractivity contribution in [1.82, 2.24) is 16.1 Å². The van der Waals surface area contributed by atoms with Gasteiger partial charge in [-0.1, -0.05) is 56.4 Å². The van der Waals surface area contributed by atoms with Gasteiger partial charge in [-0.05, 0) is 77.0 Å². The second kappa shape index (κ2) is 18.6. The molecule has 1 atom stereocenters. The van der Waals surface area contributed by atoms with Crippen molar-refractivity contribution in [2.75, 3.05) is 6.54 Å². The molecule has 0 aliphatic rings. The van der Waals surface area contributed by atoms with Gasteiger partial charge in [-0.15, -0.1) is 0 Å². The normalized spacial score (nSPS) is 12.0. The molecule has 1 rings (SSSR count). The van der Waals surface area contributed by atoms with E-state index in [9.17, 15) is 14.4 Å². The quantitative estimate of drug-likeness (QED) is 0.110. The number of carbonyl (C=O) groups excluding carboxylic acids is 3. The summed E-state index contributed by atoms with van der Waals surface area (Å²) in [6.45, 7) is 6.51. The first kappa shape index (κ1) is 32.4. The van der Waals surface area contributed by atoms with Crippen LogP contribution in [-0.4, -0.2) is 41.3 Å². The van der Waals surface area contributed by atoms with E-state index in [0.717, 1.165) is 63.4 Å². The number of nitrogens with one attached hydrogen (secondary N) is 3. The summed E-state index contributed by atoms with van der Waals surface area (Å²) in [6.07, 6.45) is 10.3. The van der Waals surface area contributed by atoms with Gasteiger partial charge in [0.05, 0.1) is 0 Å². The number of ether oxygens (including phenoxy) is 1. The lowest BCUT2D eigenvalue weighted by atomic mass is 10.0. The molecule has 37 heavy (non-hydrogen) atoms. The largest absolute Gasteiger partial charge is 0.444 e. The van der Waals surface area contributed by atoms with Crippen LogP contribution in [0.15, 0.2) is 24.3 Å². The summed E-state index contributed by atoms with van der Waals surface area (Å²) in [5.74, 6) is -0.751. The number of unbranched alkanes of at least 4 members (excludes halogenated alkanes) is 7. The average Bonchev–Trinajstić information content (AvgIpc) is 2.84. The number of hydroxylamine groups is 1.